The van der Waals surface area contributed by atoms with Gasteiger partial charge in [0.15, 0.2) is 11.6 Å². The highest BCUT2D eigenvalue weighted by Crippen LogP contribution is 2.26. The topological polar surface area (TPSA) is 84.5 Å². The van der Waals surface area contributed by atoms with Gasteiger partial charge in [-0.3, -0.25) is 9.52 Å². The molecule has 6 nitrogen and oxygen atoms in total. The minimum Gasteiger partial charge on any atom is -0.495 e. The maximum atomic E-state index is 13.3. The van der Waals surface area contributed by atoms with Crippen LogP contribution in [0.1, 0.15) is 15.9 Å². The smallest absolute Gasteiger partial charge is 0.261 e. The van der Waals surface area contributed by atoms with Gasteiger partial charge in [-0.15, -0.1) is 0 Å². The molecule has 3 aromatic rings. The third kappa shape index (κ3) is 4.74. The zero-order chi connectivity index (χ0) is 21.9. The van der Waals surface area contributed by atoms with Gasteiger partial charge in [-0.05, 0) is 67.1 Å². The van der Waals surface area contributed by atoms with Crippen molar-refractivity contribution in [2.24, 2.45) is 0 Å². The first-order chi connectivity index (χ1) is 14.2. The minimum absolute atomic E-state index is 0.157. The summed E-state index contributed by atoms with van der Waals surface area (Å²) in [6.07, 6.45) is 0. The van der Waals surface area contributed by atoms with Crippen LogP contribution in [0.3, 0.4) is 0 Å². The quantitative estimate of drug-likeness (QED) is 0.607. The zero-order valence-corrected chi connectivity index (χ0v) is 16.9. The summed E-state index contributed by atoms with van der Waals surface area (Å²) in [6, 6.07) is 13.3. The van der Waals surface area contributed by atoms with Crippen LogP contribution < -0.4 is 14.8 Å². The molecule has 0 saturated carbocycles. The molecular formula is C21H18F2N2O4S. The van der Waals surface area contributed by atoms with Gasteiger partial charge in [0.1, 0.15) is 5.75 Å². The van der Waals surface area contributed by atoms with E-state index < -0.39 is 32.5 Å². The molecular weight excluding hydrogens is 414 g/mol. The van der Waals surface area contributed by atoms with E-state index in [9.17, 15) is 22.0 Å². The van der Waals surface area contributed by atoms with Crippen molar-refractivity contribution in [2.45, 2.75) is 11.8 Å². The van der Waals surface area contributed by atoms with E-state index >= 15 is 0 Å². The summed E-state index contributed by atoms with van der Waals surface area (Å²) < 4.78 is 58.5. The summed E-state index contributed by atoms with van der Waals surface area (Å²) in [5.41, 5.74) is 1.89. The second-order valence-corrected chi connectivity index (χ2v) is 8.10. The zero-order valence-electron chi connectivity index (χ0n) is 16.1. The van der Waals surface area contributed by atoms with Gasteiger partial charge >= 0.3 is 0 Å². The summed E-state index contributed by atoms with van der Waals surface area (Å²) in [6.45, 7) is 1.88. The largest absolute Gasteiger partial charge is 0.495 e. The van der Waals surface area contributed by atoms with Crippen molar-refractivity contribution in [1.82, 2.24) is 0 Å². The number of anilines is 2. The average molecular weight is 432 g/mol. The Balaban J connectivity index is 1.75. The lowest BCUT2D eigenvalue weighted by atomic mass is 10.1. The SMILES string of the molecule is COc1ccc(C)cc1NC(=O)c1ccc(NS(=O)(=O)c2ccc(F)c(F)c2)cc1. The summed E-state index contributed by atoms with van der Waals surface area (Å²) >= 11 is 0. The second kappa shape index (κ2) is 8.50. The second-order valence-electron chi connectivity index (χ2n) is 6.42. The normalized spacial score (nSPS) is 11.1. The Morgan fingerprint density at radius 3 is 2.27 bits per heavy atom. The molecule has 156 valence electrons. The van der Waals surface area contributed by atoms with Crippen molar-refractivity contribution < 1.29 is 26.7 Å². The van der Waals surface area contributed by atoms with Crippen LogP contribution in [0, 0.1) is 18.6 Å². The molecule has 3 aromatic carbocycles. The molecule has 0 aliphatic rings. The number of halogens is 2. The van der Waals surface area contributed by atoms with E-state index in [-0.39, 0.29) is 11.3 Å². The van der Waals surface area contributed by atoms with E-state index in [2.05, 4.69) is 10.0 Å². The molecule has 0 atom stereocenters. The lowest BCUT2D eigenvalue weighted by Crippen LogP contribution is -2.15. The van der Waals surface area contributed by atoms with Crippen LogP contribution >= 0.6 is 0 Å². The highest BCUT2D eigenvalue weighted by atomic mass is 32.2. The highest BCUT2D eigenvalue weighted by molar-refractivity contribution is 7.92. The molecule has 0 fully saturated rings. The molecule has 9 heteroatoms. The van der Waals surface area contributed by atoms with Gasteiger partial charge in [-0.1, -0.05) is 6.07 Å². The molecule has 0 bridgehead atoms. The Hall–Kier alpha value is -3.46. The Kier molecular flexibility index (Phi) is 6.02. The number of methoxy groups -OCH3 is 1. The van der Waals surface area contributed by atoms with Gasteiger partial charge < -0.3 is 10.1 Å². The number of rotatable bonds is 6. The number of hydrogen-bond donors (Lipinski definition) is 2. The molecule has 0 radical (unpaired) electrons. The van der Waals surface area contributed by atoms with Crippen LogP contribution in [0.5, 0.6) is 5.75 Å². The van der Waals surface area contributed by atoms with E-state index in [0.29, 0.717) is 17.5 Å². The maximum absolute atomic E-state index is 13.3. The van der Waals surface area contributed by atoms with Crippen molar-refractivity contribution in [3.8, 4) is 5.75 Å². The molecule has 0 aliphatic carbocycles. The van der Waals surface area contributed by atoms with Crippen molar-refractivity contribution in [3.05, 3.63) is 83.4 Å². The van der Waals surface area contributed by atoms with Gasteiger partial charge in [0.2, 0.25) is 0 Å². The monoisotopic (exact) mass is 432 g/mol. The molecule has 0 unspecified atom stereocenters. The van der Waals surface area contributed by atoms with E-state index in [0.717, 1.165) is 17.7 Å². The molecule has 1 amide bonds. The van der Waals surface area contributed by atoms with Crippen molar-refractivity contribution >= 4 is 27.3 Å². The first-order valence-electron chi connectivity index (χ1n) is 8.73. The van der Waals surface area contributed by atoms with Crippen LogP contribution in [0.25, 0.3) is 0 Å². The van der Waals surface area contributed by atoms with Crippen LogP contribution in [-0.4, -0.2) is 21.4 Å². The lowest BCUT2D eigenvalue weighted by Gasteiger charge is -2.12. The van der Waals surface area contributed by atoms with Gasteiger partial charge in [-0.2, -0.15) is 0 Å². The number of nitrogens with one attached hydrogen (secondary N) is 2. The summed E-state index contributed by atoms with van der Waals surface area (Å²) in [7, 11) is -2.63. The minimum atomic E-state index is -4.12. The van der Waals surface area contributed by atoms with Crippen LogP contribution in [-0.2, 0) is 10.0 Å². The van der Waals surface area contributed by atoms with Gasteiger partial charge in [-0.25, -0.2) is 17.2 Å². The molecule has 0 saturated heterocycles. The fourth-order valence-electron chi connectivity index (χ4n) is 2.66. The Bertz CT molecular complexity index is 1200. The fraction of sp³-hybridized carbons (Fsp3) is 0.0952. The number of carbonyl (C=O) groups is 1. The van der Waals surface area contributed by atoms with Crippen molar-refractivity contribution in [1.29, 1.82) is 0 Å². The summed E-state index contributed by atoms with van der Waals surface area (Å²) in [5, 5.41) is 2.74. The Morgan fingerprint density at radius 2 is 1.63 bits per heavy atom. The number of carbonyl (C=O) groups excluding carboxylic acids is 1. The first kappa shape index (κ1) is 21.3. The predicted octanol–water partition coefficient (Wildman–Crippen LogP) is 4.33. The molecule has 30 heavy (non-hydrogen) atoms. The van der Waals surface area contributed by atoms with Crippen LogP contribution in [0.4, 0.5) is 20.2 Å². The standard InChI is InChI=1S/C21H18F2N2O4S/c1-13-3-10-20(29-2)19(11-13)24-21(26)14-4-6-15(7-5-14)25-30(27,28)16-8-9-17(22)18(23)12-16/h3-12,25H,1-2H3,(H,24,26). The molecule has 0 aromatic heterocycles. The Labute approximate surface area is 172 Å². The van der Waals surface area contributed by atoms with Crippen LogP contribution in [0.15, 0.2) is 65.6 Å². The maximum Gasteiger partial charge on any atom is 0.261 e. The van der Waals surface area contributed by atoms with E-state index in [1.165, 1.54) is 31.4 Å². The fourth-order valence-corrected chi connectivity index (χ4v) is 3.73. The van der Waals surface area contributed by atoms with E-state index in [1.54, 1.807) is 12.1 Å². The van der Waals surface area contributed by atoms with E-state index in [4.69, 9.17) is 4.74 Å². The molecule has 0 heterocycles. The third-order valence-electron chi connectivity index (χ3n) is 4.20. The number of aryl methyl sites for hydroxylation is 1. The molecule has 0 aliphatic heterocycles. The first-order valence-corrected chi connectivity index (χ1v) is 10.2. The highest BCUT2D eigenvalue weighted by Gasteiger charge is 2.17. The van der Waals surface area contributed by atoms with Crippen molar-refractivity contribution in [2.75, 3.05) is 17.1 Å². The summed E-state index contributed by atoms with van der Waals surface area (Å²) in [5.74, 6) is -2.32. The third-order valence-corrected chi connectivity index (χ3v) is 5.58. The number of ether oxygens (including phenoxy) is 1. The molecule has 0 spiro atoms. The van der Waals surface area contributed by atoms with E-state index in [1.807, 2.05) is 13.0 Å². The van der Waals surface area contributed by atoms with Crippen LogP contribution in [0.2, 0.25) is 0 Å². The molecule has 3 rings (SSSR count). The lowest BCUT2D eigenvalue weighted by molar-refractivity contribution is 0.102. The number of benzene rings is 3. The number of amides is 1. The van der Waals surface area contributed by atoms with Gasteiger partial charge in [0.25, 0.3) is 15.9 Å². The predicted molar refractivity (Wildman–Crippen MR) is 109 cm³/mol. The van der Waals surface area contributed by atoms with Gasteiger partial charge in [0.05, 0.1) is 17.7 Å². The Morgan fingerprint density at radius 1 is 0.933 bits per heavy atom. The average Bonchev–Trinajstić information content (AvgIpc) is 2.70. The molecule has 2 N–H and O–H groups in total. The number of hydrogen-bond acceptors (Lipinski definition) is 4. The van der Waals surface area contributed by atoms with Crippen molar-refractivity contribution in [3.63, 3.8) is 0 Å². The van der Waals surface area contributed by atoms with Gasteiger partial charge in [0, 0.05) is 11.3 Å². The summed E-state index contributed by atoms with van der Waals surface area (Å²) in [4.78, 5) is 12.1. The number of sulfonamides is 1.